The molecule has 0 aliphatic carbocycles. The Kier molecular flexibility index (Phi) is 6.25. The Hall–Kier alpha value is -3.87. The molecule has 3 rings (SSSR count). The van der Waals surface area contributed by atoms with Crippen molar-refractivity contribution in [2.45, 2.75) is 27.2 Å². The number of phenols is 1. The number of nitrogens with one attached hydrogen (secondary N) is 1. The van der Waals surface area contributed by atoms with Gasteiger partial charge >= 0.3 is 6.03 Å². The summed E-state index contributed by atoms with van der Waals surface area (Å²) in [6.45, 7) is 9.59. The molecule has 2 aromatic carbocycles. The molecule has 0 saturated carbocycles. The molecular weight excluding hydrogens is 396 g/mol. The SMILES string of the molecule is C=CCc1cc(C=C2C(=O)NC(=O)N(c3ccc(C)c(C)c3)C2=O)cc(OCC)c1O. The van der Waals surface area contributed by atoms with Crippen LogP contribution >= 0.6 is 0 Å². The van der Waals surface area contributed by atoms with Crippen molar-refractivity contribution in [2.75, 3.05) is 11.5 Å². The molecule has 1 fully saturated rings. The standard InChI is InChI=1S/C24H24N2O5/c1-5-7-17-11-16(13-20(21(17)27)31-6-2)12-19-22(28)25-24(30)26(23(19)29)18-9-8-14(3)15(4)10-18/h5,8-13,27H,1,6-7H2,2-4H3,(H,25,28,30). The van der Waals surface area contributed by atoms with Gasteiger partial charge in [0.1, 0.15) is 5.57 Å². The van der Waals surface area contributed by atoms with Crippen LogP contribution in [0.3, 0.4) is 0 Å². The third kappa shape index (κ3) is 4.35. The molecule has 4 amide bonds. The number of aromatic hydroxyl groups is 1. The summed E-state index contributed by atoms with van der Waals surface area (Å²) in [7, 11) is 0. The van der Waals surface area contributed by atoms with Crippen molar-refractivity contribution in [3.8, 4) is 11.5 Å². The van der Waals surface area contributed by atoms with E-state index in [1.165, 1.54) is 12.1 Å². The van der Waals surface area contributed by atoms with Crippen molar-refractivity contribution >= 4 is 29.6 Å². The molecule has 2 N–H and O–H groups in total. The van der Waals surface area contributed by atoms with Crippen molar-refractivity contribution in [1.82, 2.24) is 5.32 Å². The van der Waals surface area contributed by atoms with Crippen LogP contribution in [0.4, 0.5) is 10.5 Å². The summed E-state index contributed by atoms with van der Waals surface area (Å²) >= 11 is 0. The smallest absolute Gasteiger partial charge is 0.335 e. The molecule has 0 aromatic heterocycles. The Labute approximate surface area is 180 Å². The van der Waals surface area contributed by atoms with Gasteiger partial charge in [0.25, 0.3) is 11.8 Å². The first-order chi connectivity index (χ1) is 14.8. The van der Waals surface area contributed by atoms with Crippen LogP contribution in [-0.2, 0) is 16.0 Å². The third-order valence-corrected chi connectivity index (χ3v) is 5.00. The van der Waals surface area contributed by atoms with E-state index in [0.717, 1.165) is 16.0 Å². The molecule has 7 heteroatoms. The molecule has 31 heavy (non-hydrogen) atoms. The van der Waals surface area contributed by atoms with Gasteiger partial charge in [-0.05, 0) is 74.2 Å². The van der Waals surface area contributed by atoms with Crippen LogP contribution in [0.2, 0.25) is 0 Å². The predicted octanol–water partition coefficient (Wildman–Crippen LogP) is 3.80. The van der Waals surface area contributed by atoms with E-state index < -0.39 is 17.8 Å². The van der Waals surface area contributed by atoms with Crippen molar-refractivity contribution in [3.63, 3.8) is 0 Å². The normalized spacial score (nSPS) is 15.3. The van der Waals surface area contributed by atoms with E-state index in [-0.39, 0.29) is 17.1 Å². The molecule has 7 nitrogen and oxygen atoms in total. The summed E-state index contributed by atoms with van der Waals surface area (Å²) in [5, 5.41) is 12.6. The lowest BCUT2D eigenvalue weighted by Gasteiger charge is -2.27. The van der Waals surface area contributed by atoms with Gasteiger partial charge < -0.3 is 9.84 Å². The van der Waals surface area contributed by atoms with E-state index in [4.69, 9.17) is 4.74 Å². The van der Waals surface area contributed by atoms with Gasteiger partial charge in [-0.2, -0.15) is 0 Å². The number of anilines is 1. The number of hydrogen-bond acceptors (Lipinski definition) is 5. The first kappa shape index (κ1) is 21.8. The quantitative estimate of drug-likeness (QED) is 0.421. The number of barbiturate groups is 1. The fourth-order valence-electron chi connectivity index (χ4n) is 3.27. The van der Waals surface area contributed by atoms with Gasteiger partial charge in [0.05, 0.1) is 12.3 Å². The Balaban J connectivity index is 2.07. The summed E-state index contributed by atoms with van der Waals surface area (Å²) in [6.07, 6.45) is 3.38. The average molecular weight is 420 g/mol. The minimum Gasteiger partial charge on any atom is -0.504 e. The number of carbonyl (C=O) groups is 3. The van der Waals surface area contributed by atoms with Crippen LogP contribution < -0.4 is 15.0 Å². The van der Waals surface area contributed by atoms with Gasteiger partial charge in [-0.15, -0.1) is 6.58 Å². The first-order valence-corrected chi connectivity index (χ1v) is 9.85. The molecule has 0 unspecified atom stereocenters. The van der Waals surface area contributed by atoms with Crippen molar-refractivity contribution in [1.29, 1.82) is 0 Å². The fraction of sp³-hybridized carbons (Fsp3) is 0.208. The predicted molar refractivity (Wildman–Crippen MR) is 118 cm³/mol. The summed E-state index contributed by atoms with van der Waals surface area (Å²) in [5.74, 6) is -1.30. The van der Waals surface area contributed by atoms with Gasteiger partial charge in [-0.25, -0.2) is 9.69 Å². The Bertz CT molecular complexity index is 1120. The molecule has 0 radical (unpaired) electrons. The zero-order valence-electron chi connectivity index (χ0n) is 17.7. The lowest BCUT2D eigenvalue weighted by atomic mass is 10.0. The minimum absolute atomic E-state index is 0.0183. The number of phenolic OH excluding ortho intramolecular Hbond substituents is 1. The maximum Gasteiger partial charge on any atom is 0.335 e. The Morgan fingerprint density at radius 1 is 1.13 bits per heavy atom. The molecule has 1 heterocycles. The largest absolute Gasteiger partial charge is 0.504 e. The van der Waals surface area contributed by atoms with Crippen LogP contribution in [0.5, 0.6) is 11.5 Å². The van der Waals surface area contributed by atoms with Gasteiger partial charge in [-0.1, -0.05) is 12.1 Å². The van der Waals surface area contributed by atoms with E-state index >= 15 is 0 Å². The second-order valence-electron chi connectivity index (χ2n) is 7.18. The summed E-state index contributed by atoms with van der Waals surface area (Å²) in [4.78, 5) is 38.9. The molecular formula is C24H24N2O5. The van der Waals surface area contributed by atoms with Crippen molar-refractivity contribution in [3.05, 3.63) is 70.8 Å². The molecule has 1 aliphatic rings. The Morgan fingerprint density at radius 2 is 1.87 bits per heavy atom. The number of amides is 4. The number of hydrogen-bond donors (Lipinski definition) is 2. The van der Waals surface area contributed by atoms with Crippen molar-refractivity contribution < 1.29 is 24.2 Å². The fourth-order valence-corrected chi connectivity index (χ4v) is 3.27. The maximum atomic E-state index is 13.1. The van der Waals surface area contributed by atoms with E-state index in [0.29, 0.717) is 29.8 Å². The average Bonchev–Trinajstić information content (AvgIpc) is 2.71. The zero-order chi connectivity index (χ0) is 22.7. The monoisotopic (exact) mass is 420 g/mol. The Morgan fingerprint density at radius 3 is 2.52 bits per heavy atom. The number of ether oxygens (including phenoxy) is 1. The lowest BCUT2D eigenvalue weighted by Crippen LogP contribution is -2.54. The summed E-state index contributed by atoms with van der Waals surface area (Å²) in [5.41, 5.74) is 3.12. The third-order valence-electron chi connectivity index (χ3n) is 5.00. The van der Waals surface area contributed by atoms with Gasteiger partial charge in [0.15, 0.2) is 11.5 Å². The second kappa shape index (κ2) is 8.87. The van der Waals surface area contributed by atoms with Crippen LogP contribution in [0.25, 0.3) is 6.08 Å². The molecule has 2 aromatic rings. The summed E-state index contributed by atoms with van der Waals surface area (Å²) < 4.78 is 5.48. The van der Waals surface area contributed by atoms with Crippen LogP contribution in [0.1, 0.15) is 29.2 Å². The van der Waals surface area contributed by atoms with Crippen LogP contribution in [0, 0.1) is 13.8 Å². The molecule has 160 valence electrons. The highest BCUT2D eigenvalue weighted by atomic mass is 16.5. The number of urea groups is 1. The molecule has 1 saturated heterocycles. The van der Waals surface area contributed by atoms with E-state index in [1.54, 1.807) is 37.3 Å². The number of allylic oxidation sites excluding steroid dienone is 1. The van der Waals surface area contributed by atoms with Gasteiger partial charge in [-0.3, -0.25) is 14.9 Å². The number of carbonyl (C=O) groups excluding carboxylic acids is 3. The van der Waals surface area contributed by atoms with Gasteiger partial charge in [0, 0.05) is 5.56 Å². The highest BCUT2D eigenvalue weighted by Crippen LogP contribution is 2.33. The van der Waals surface area contributed by atoms with Gasteiger partial charge in [0.2, 0.25) is 0 Å². The zero-order valence-corrected chi connectivity index (χ0v) is 17.7. The second-order valence-corrected chi connectivity index (χ2v) is 7.18. The van der Waals surface area contributed by atoms with Crippen LogP contribution in [-0.4, -0.2) is 29.6 Å². The lowest BCUT2D eigenvalue weighted by molar-refractivity contribution is -0.122. The maximum absolute atomic E-state index is 13.1. The molecule has 0 atom stereocenters. The number of nitrogens with zero attached hydrogens (tertiary/aromatic N) is 1. The van der Waals surface area contributed by atoms with E-state index in [2.05, 4.69) is 11.9 Å². The highest BCUT2D eigenvalue weighted by Gasteiger charge is 2.37. The number of benzene rings is 2. The minimum atomic E-state index is -0.802. The molecule has 0 bridgehead atoms. The van der Waals surface area contributed by atoms with E-state index in [9.17, 15) is 19.5 Å². The summed E-state index contributed by atoms with van der Waals surface area (Å²) in [6, 6.07) is 7.56. The number of rotatable bonds is 6. The van der Waals surface area contributed by atoms with Crippen molar-refractivity contribution in [2.24, 2.45) is 0 Å². The molecule has 0 spiro atoms. The number of imide groups is 2. The first-order valence-electron chi connectivity index (χ1n) is 9.85. The molecule has 1 aliphatic heterocycles. The topological polar surface area (TPSA) is 95.9 Å². The van der Waals surface area contributed by atoms with E-state index in [1.807, 2.05) is 13.8 Å². The van der Waals surface area contributed by atoms with Crippen LogP contribution in [0.15, 0.2) is 48.6 Å². The highest BCUT2D eigenvalue weighted by molar-refractivity contribution is 6.39. The number of aryl methyl sites for hydroxylation is 2.